The predicted octanol–water partition coefficient (Wildman–Crippen LogP) is 2.17. The molecule has 0 aromatic rings. The number of hydrogen-bond acceptors (Lipinski definition) is 3. The molecule has 0 bridgehead atoms. The lowest BCUT2D eigenvalue weighted by atomic mass is 9.94. The second kappa shape index (κ2) is 6.42. The van der Waals surface area contributed by atoms with Gasteiger partial charge in [0, 0.05) is 13.1 Å². The number of hydrogen-bond donors (Lipinski definition) is 1. The van der Waals surface area contributed by atoms with Gasteiger partial charge in [0.2, 0.25) is 0 Å². The number of piperidine rings is 1. The molecule has 1 N–H and O–H groups in total. The molecule has 0 aromatic heterocycles. The third-order valence-electron chi connectivity index (χ3n) is 4.46. The van der Waals surface area contributed by atoms with Gasteiger partial charge in [-0.25, -0.2) is 0 Å². The Balaban J connectivity index is 2.11. The van der Waals surface area contributed by atoms with Gasteiger partial charge in [-0.2, -0.15) is 22.7 Å². The summed E-state index contributed by atoms with van der Waals surface area (Å²) in [6, 6.07) is 2.25. The zero-order valence-electron chi connectivity index (χ0n) is 12.3. The van der Waals surface area contributed by atoms with E-state index in [-0.39, 0.29) is 0 Å². The van der Waals surface area contributed by atoms with Gasteiger partial charge in [-0.1, -0.05) is 32.6 Å². The van der Waals surface area contributed by atoms with Crippen LogP contribution in [0.15, 0.2) is 0 Å². The Hall–Kier alpha value is -0.640. The molecule has 2 aliphatic rings. The minimum atomic E-state index is -3.54. The van der Waals surface area contributed by atoms with E-state index in [0.717, 1.165) is 38.5 Å². The van der Waals surface area contributed by atoms with Crippen LogP contribution in [0.25, 0.3) is 0 Å². The number of nitriles is 1. The zero-order chi connectivity index (χ0) is 14.6. The van der Waals surface area contributed by atoms with Crippen molar-refractivity contribution in [2.75, 3.05) is 13.1 Å². The average Bonchev–Trinajstić information content (AvgIpc) is 2.64. The van der Waals surface area contributed by atoms with Crippen molar-refractivity contribution in [2.45, 2.75) is 63.8 Å². The Morgan fingerprint density at radius 3 is 2.40 bits per heavy atom. The Morgan fingerprint density at radius 2 is 1.85 bits per heavy atom. The quantitative estimate of drug-likeness (QED) is 0.812. The Bertz CT molecular complexity index is 461. The fourth-order valence-corrected chi connectivity index (χ4v) is 4.94. The average molecular weight is 299 g/mol. The molecule has 1 aliphatic carbocycles. The monoisotopic (exact) mass is 299 g/mol. The van der Waals surface area contributed by atoms with Crippen LogP contribution in [0.2, 0.25) is 0 Å². The van der Waals surface area contributed by atoms with Crippen LogP contribution in [0.1, 0.15) is 58.3 Å². The molecule has 1 saturated heterocycles. The second-order valence-electron chi connectivity index (χ2n) is 6.32. The first-order chi connectivity index (χ1) is 9.47. The highest BCUT2D eigenvalue weighted by Crippen LogP contribution is 2.28. The van der Waals surface area contributed by atoms with Gasteiger partial charge in [-0.05, 0) is 31.6 Å². The molecule has 1 heterocycles. The zero-order valence-corrected chi connectivity index (χ0v) is 13.1. The predicted molar refractivity (Wildman–Crippen MR) is 78.1 cm³/mol. The van der Waals surface area contributed by atoms with Crippen molar-refractivity contribution in [3.63, 3.8) is 0 Å². The van der Waals surface area contributed by atoms with Crippen LogP contribution in [-0.2, 0) is 10.2 Å². The van der Waals surface area contributed by atoms with Gasteiger partial charge in [0.25, 0.3) is 10.2 Å². The van der Waals surface area contributed by atoms with Gasteiger partial charge >= 0.3 is 0 Å². The van der Waals surface area contributed by atoms with Gasteiger partial charge in [-0.15, -0.1) is 0 Å². The molecule has 2 fully saturated rings. The molecule has 20 heavy (non-hydrogen) atoms. The Labute approximate surface area is 122 Å². The van der Waals surface area contributed by atoms with Crippen molar-refractivity contribution in [2.24, 2.45) is 5.92 Å². The molecule has 1 aliphatic heterocycles. The van der Waals surface area contributed by atoms with Gasteiger partial charge in [0.05, 0.1) is 6.07 Å². The Morgan fingerprint density at radius 1 is 1.20 bits per heavy atom. The molecule has 0 radical (unpaired) electrons. The van der Waals surface area contributed by atoms with Crippen LogP contribution in [0.5, 0.6) is 0 Å². The van der Waals surface area contributed by atoms with E-state index in [4.69, 9.17) is 0 Å². The maximum absolute atomic E-state index is 12.5. The van der Waals surface area contributed by atoms with E-state index in [2.05, 4.69) is 17.7 Å². The molecule has 6 heteroatoms. The summed E-state index contributed by atoms with van der Waals surface area (Å²) >= 11 is 0. The molecule has 0 amide bonds. The van der Waals surface area contributed by atoms with E-state index < -0.39 is 15.7 Å². The Kier molecular flexibility index (Phi) is 5.05. The summed E-state index contributed by atoms with van der Waals surface area (Å²) in [5.74, 6) is 0.396. The van der Waals surface area contributed by atoms with E-state index in [0.29, 0.717) is 31.8 Å². The summed E-state index contributed by atoms with van der Waals surface area (Å²) in [6.45, 7) is 3.21. The van der Waals surface area contributed by atoms with Crippen LogP contribution < -0.4 is 4.72 Å². The lowest BCUT2D eigenvalue weighted by molar-refractivity contribution is 0.272. The highest BCUT2D eigenvalue weighted by molar-refractivity contribution is 7.87. The first kappa shape index (κ1) is 15.7. The third kappa shape index (κ3) is 3.72. The topological polar surface area (TPSA) is 73.2 Å². The van der Waals surface area contributed by atoms with Crippen molar-refractivity contribution in [1.29, 1.82) is 5.26 Å². The molecule has 2 rings (SSSR count). The smallest absolute Gasteiger partial charge is 0.196 e. The normalized spacial score (nSPS) is 28.5. The fourth-order valence-electron chi connectivity index (χ4n) is 3.24. The summed E-state index contributed by atoms with van der Waals surface area (Å²) < 4.78 is 29.3. The number of rotatable bonds is 3. The second-order valence-corrected chi connectivity index (χ2v) is 7.99. The lowest BCUT2D eigenvalue weighted by Crippen LogP contribution is -2.54. The summed E-state index contributed by atoms with van der Waals surface area (Å²) in [5.41, 5.74) is -0.893. The van der Waals surface area contributed by atoms with E-state index in [1.54, 1.807) is 0 Å². The minimum absolute atomic E-state index is 0.396. The molecule has 1 saturated carbocycles. The summed E-state index contributed by atoms with van der Waals surface area (Å²) in [4.78, 5) is 0. The standard InChI is InChI=1S/C14H25N3O2S/c1-13-7-6-10-17(11-13)20(18,19)16-14(12-15)8-4-2-3-5-9-14/h13,16H,2-11H2,1H3. The van der Waals surface area contributed by atoms with Gasteiger partial charge < -0.3 is 0 Å². The van der Waals surface area contributed by atoms with Gasteiger partial charge in [-0.3, -0.25) is 0 Å². The highest BCUT2D eigenvalue weighted by Gasteiger charge is 2.38. The molecule has 114 valence electrons. The fraction of sp³-hybridized carbons (Fsp3) is 0.929. The molecule has 0 aromatic carbocycles. The van der Waals surface area contributed by atoms with Crippen molar-refractivity contribution < 1.29 is 8.42 Å². The summed E-state index contributed by atoms with van der Waals surface area (Å²) in [6.07, 6.45) is 7.27. The first-order valence-corrected chi connectivity index (χ1v) is 9.12. The van der Waals surface area contributed by atoms with Crippen LogP contribution in [0, 0.1) is 17.2 Å². The third-order valence-corrected chi connectivity index (χ3v) is 6.12. The molecular weight excluding hydrogens is 274 g/mol. The van der Waals surface area contributed by atoms with E-state index >= 15 is 0 Å². The van der Waals surface area contributed by atoms with E-state index in [9.17, 15) is 13.7 Å². The lowest BCUT2D eigenvalue weighted by Gasteiger charge is -2.34. The van der Waals surface area contributed by atoms with Crippen LogP contribution in [-0.4, -0.2) is 31.4 Å². The van der Waals surface area contributed by atoms with Crippen molar-refractivity contribution in [3.05, 3.63) is 0 Å². The summed E-state index contributed by atoms with van der Waals surface area (Å²) in [7, 11) is -3.54. The van der Waals surface area contributed by atoms with E-state index in [1.807, 2.05) is 0 Å². The maximum atomic E-state index is 12.5. The van der Waals surface area contributed by atoms with Crippen molar-refractivity contribution >= 4 is 10.2 Å². The molecule has 1 atom stereocenters. The van der Waals surface area contributed by atoms with Gasteiger partial charge in [0.15, 0.2) is 0 Å². The van der Waals surface area contributed by atoms with Crippen LogP contribution >= 0.6 is 0 Å². The van der Waals surface area contributed by atoms with E-state index in [1.165, 1.54) is 4.31 Å². The molecule has 1 unspecified atom stereocenters. The first-order valence-electron chi connectivity index (χ1n) is 7.68. The number of nitrogens with zero attached hydrogens (tertiary/aromatic N) is 2. The van der Waals surface area contributed by atoms with Crippen LogP contribution in [0.3, 0.4) is 0 Å². The SMILES string of the molecule is CC1CCCN(S(=O)(=O)NC2(C#N)CCCCCC2)C1. The van der Waals surface area contributed by atoms with Crippen LogP contribution in [0.4, 0.5) is 0 Å². The van der Waals surface area contributed by atoms with Crippen molar-refractivity contribution in [1.82, 2.24) is 9.03 Å². The van der Waals surface area contributed by atoms with Gasteiger partial charge in [0.1, 0.15) is 5.54 Å². The number of nitrogens with one attached hydrogen (secondary N) is 1. The molecule has 0 spiro atoms. The maximum Gasteiger partial charge on any atom is 0.280 e. The molecular formula is C14H25N3O2S. The minimum Gasteiger partial charge on any atom is -0.196 e. The highest BCUT2D eigenvalue weighted by atomic mass is 32.2. The summed E-state index contributed by atoms with van der Waals surface area (Å²) in [5, 5.41) is 9.48. The largest absolute Gasteiger partial charge is 0.280 e. The molecule has 5 nitrogen and oxygen atoms in total. The van der Waals surface area contributed by atoms with Crippen molar-refractivity contribution in [3.8, 4) is 6.07 Å².